The number of hydrazine groups is 1. The lowest BCUT2D eigenvalue weighted by Gasteiger charge is -2.23. The average molecular weight is 295 g/mol. The Labute approximate surface area is 118 Å². The second-order valence-electron chi connectivity index (χ2n) is 5.30. The molecule has 1 unspecified atom stereocenters. The van der Waals surface area contributed by atoms with Crippen molar-refractivity contribution in [2.24, 2.45) is 0 Å². The number of nitrogens with one attached hydrogen (secondary N) is 1. The van der Waals surface area contributed by atoms with Gasteiger partial charge < -0.3 is 4.90 Å². The van der Waals surface area contributed by atoms with Gasteiger partial charge in [0.2, 0.25) is 0 Å². The lowest BCUT2D eigenvalue weighted by Crippen LogP contribution is -2.47. The van der Waals surface area contributed by atoms with E-state index in [1.165, 1.54) is 5.01 Å². The molecular formula is C13H17N3O3S. The molecule has 2 heterocycles. The first kappa shape index (κ1) is 13.4. The Morgan fingerprint density at radius 1 is 1.25 bits per heavy atom. The predicted octanol–water partition coefficient (Wildman–Crippen LogP) is 1.09. The van der Waals surface area contributed by atoms with E-state index in [2.05, 4.69) is 4.83 Å². The molecule has 2 amide bonds. The number of amides is 2. The molecule has 0 aliphatic carbocycles. The van der Waals surface area contributed by atoms with Gasteiger partial charge in [0.05, 0.1) is 10.9 Å². The van der Waals surface area contributed by atoms with Gasteiger partial charge in [0.15, 0.2) is 0 Å². The Morgan fingerprint density at radius 2 is 1.95 bits per heavy atom. The molecule has 6 nitrogen and oxygen atoms in total. The molecule has 1 aromatic carbocycles. The summed E-state index contributed by atoms with van der Waals surface area (Å²) in [5, 5.41) is 1.27. The van der Waals surface area contributed by atoms with Gasteiger partial charge in [-0.3, -0.25) is 0 Å². The van der Waals surface area contributed by atoms with E-state index < -0.39 is 10.0 Å². The van der Waals surface area contributed by atoms with Gasteiger partial charge >= 0.3 is 6.03 Å². The third-order valence-electron chi connectivity index (χ3n) is 3.79. The van der Waals surface area contributed by atoms with Gasteiger partial charge in [0.25, 0.3) is 10.0 Å². The van der Waals surface area contributed by atoms with Crippen LogP contribution in [0.3, 0.4) is 0 Å². The summed E-state index contributed by atoms with van der Waals surface area (Å²) in [7, 11) is -3.70. The van der Waals surface area contributed by atoms with Crippen molar-refractivity contribution >= 4 is 16.1 Å². The van der Waals surface area contributed by atoms with Gasteiger partial charge in [-0.2, -0.15) is 0 Å². The molecule has 7 heteroatoms. The lowest BCUT2D eigenvalue weighted by molar-refractivity contribution is 0.184. The number of urea groups is 1. The van der Waals surface area contributed by atoms with Gasteiger partial charge in [0.1, 0.15) is 0 Å². The maximum atomic E-state index is 12.3. The van der Waals surface area contributed by atoms with Crippen LogP contribution in [0.4, 0.5) is 4.79 Å². The van der Waals surface area contributed by atoms with Gasteiger partial charge in [-0.05, 0) is 31.9 Å². The molecule has 2 bridgehead atoms. The van der Waals surface area contributed by atoms with Crippen LogP contribution in [0.1, 0.15) is 18.4 Å². The summed E-state index contributed by atoms with van der Waals surface area (Å²) >= 11 is 0. The van der Waals surface area contributed by atoms with Crippen molar-refractivity contribution in [3.8, 4) is 0 Å². The molecule has 0 aromatic heterocycles. The number of nitrogens with zero attached hydrogens (tertiary/aromatic N) is 2. The Balaban J connectivity index is 1.83. The maximum absolute atomic E-state index is 12.3. The highest BCUT2D eigenvalue weighted by molar-refractivity contribution is 7.89. The summed E-state index contributed by atoms with van der Waals surface area (Å²) in [6, 6.07) is 6.26. The fourth-order valence-electron chi connectivity index (χ4n) is 2.66. The zero-order valence-electron chi connectivity index (χ0n) is 11.2. The minimum atomic E-state index is -3.70. The van der Waals surface area contributed by atoms with Crippen LogP contribution in [0, 0.1) is 6.92 Å². The van der Waals surface area contributed by atoms with E-state index in [0.717, 1.165) is 18.4 Å². The molecule has 2 fully saturated rings. The zero-order valence-corrected chi connectivity index (χ0v) is 12.1. The third kappa shape index (κ3) is 2.27. The van der Waals surface area contributed by atoms with Crippen molar-refractivity contribution in [2.75, 3.05) is 13.1 Å². The van der Waals surface area contributed by atoms with Crippen molar-refractivity contribution in [1.82, 2.24) is 14.7 Å². The molecule has 2 aliphatic heterocycles. The molecule has 0 saturated carbocycles. The number of fused-ring (bicyclic) bond motifs is 2. The number of piperidine rings is 1. The first-order valence-electron chi connectivity index (χ1n) is 6.65. The minimum Gasteiger partial charge on any atom is -0.321 e. The van der Waals surface area contributed by atoms with Gasteiger partial charge in [0, 0.05) is 13.1 Å². The Morgan fingerprint density at radius 3 is 2.60 bits per heavy atom. The van der Waals surface area contributed by atoms with Crippen molar-refractivity contribution in [3.05, 3.63) is 29.8 Å². The van der Waals surface area contributed by atoms with Crippen LogP contribution in [0.25, 0.3) is 0 Å². The molecule has 1 N–H and O–H groups in total. The van der Waals surface area contributed by atoms with Crippen LogP contribution >= 0.6 is 0 Å². The number of hydrogen-bond acceptors (Lipinski definition) is 3. The monoisotopic (exact) mass is 295 g/mol. The maximum Gasteiger partial charge on any atom is 0.335 e. The molecule has 2 saturated heterocycles. The molecule has 0 spiro atoms. The summed E-state index contributed by atoms with van der Waals surface area (Å²) in [6.45, 7) is 3.21. The summed E-state index contributed by atoms with van der Waals surface area (Å²) in [5.41, 5.74) is 0.989. The number of sulfonamides is 1. The molecule has 2 aliphatic rings. The molecular weight excluding hydrogens is 278 g/mol. The predicted molar refractivity (Wildman–Crippen MR) is 73.3 cm³/mol. The van der Waals surface area contributed by atoms with Crippen LogP contribution in [0.2, 0.25) is 0 Å². The van der Waals surface area contributed by atoms with Crippen molar-refractivity contribution in [2.45, 2.75) is 30.7 Å². The molecule has 20 heavy (non-hydrogen) atoms. The SMILES string of the molecule is Cc1ccc(S(=O)(=O)NN2C(=O)N3CCCC2C3)cc1. The fraction of sp³-hybridized carbons (Fsp3) is 0.462. The van der Waals surface area contributed by atoms with E-state index in [1.54, 1.807) is 29.2 Å². The highest BCUT2D eigenvalue weighted by Crippen LogP contribution is 2.24. The quantitative estimate of drug-likeness (QED) is 0.907. The van der Waals surface area contributed by atoms with Crippen molar-refractivity contribution in [3.63, 3.8) is 0 Å². The summed E-state index contributed by atoms with van der Waals surface area (Å²) < 4.78 is 24.6. The molecule has 1 atom stereocenters. The van der Waals surface area contributed by atoms with Crippen molar-refractivity contribution < 1.29 is 13.2 Å². The summed E-state index contributed by atoms with van der Waals surface area (Å²) in [4.78, 5) is 16.4. The number of hydrogen-bond donors (Lipinski definition) is 1. The van der Waals surface area contributed by atoms with Crippen LogP contribution in [0.5, 0.6) is 0 Å². The van der Waals surface area contributed by atoms with Gasteiger partial charge in [-0.1, -0.05) is 17.7 Å². The number of aryl methyl sites for hydroxylation is 1. The molecule has 3 rings (SSSR count). The standard InChI is InChI=1S/C13H17N3O3S/c1-10-4-6-12(7-5-10)20(18,19)14-16-11-3-2-8-15(9-11)13(16)17/h4-7,11,14H,2-3,8-9H2,1H3. The van der Waals surface area contributed by atoms with Crippen LogP contribution in [-0.4, -0.2) is 43.5 Å². The smallest absolute Gasteiger partial charge is 0.321 e. The van der Waals surface area contributed by atoms with E-state index >= 15 is 0 Å². The van der Waals surface area contributed by atoms with Gasteiger partial charge in [-0.25, -0.2) is 18.2 Å². The first-order valence-corrected chi connectivity index (χ1v) is 8.13. The van der Waals surface area contributed by atoms with Crippen molar-refractivity contribution in [1.29, 1.82) is 0 Å². The Hall–Kier alpha value is -1.60. The minimum absolute atomic E-state index is 0.0588. The molecule has 1 aromatic rings. The zero-order chi connectivity index (χ0) is 14.3. The van der Waals surface area contributed by atoms with E-state index in [0.29, 0.717) is 13.1 Å². The number of benzene rings is 1. The normalized spacial score (nSPS) is 22.4. The third-order valence-corrected chi connectivity index (χ3v) is 5.12. The van der Waals surface area contributed by atoms with E-state index in [4.69, 9.17) is 0 Å². The second-order valence-corrected chi connectivity index (χ2v) is 6.96. The largest absolute Gasteiger partial charge is 0.335 e. The summed E-state index contributed by atoms with van der Waals surface area (Å²) in [5.74, 6) is 0. The average Bonchev–Trinajstić information content (AvgIpc) is 2.63. The second kappa shape index (κ2) is 4.75. The van der Waals surface area contributed by atoms with Crippen LogP contribution < -0.4 is 4.83 Å². The molecule has 0 radical (unpaired) electrons. The Bertz CT molecular complexity index is 627. The fourth-order valence-corrected chi connectivity index (χ4v) is 3.75. The van der Waals surface area contributed by atoms with E-state index in [-0.39, 0.29) is 17.0 Å². The van der Waals surface area contributed by atoms with E-state index in [1.807, 2.05) is 6.92 Å². The lowest BCUT2D eigenvalue weighted by atomic mass is 10.1. The Kier molecular flexibility index (Phi) is 3.18. The number of carbonyl (C=O) groups is 1. The number of rotatable bonds is 3. The summed E-state index contributed by atoms with van der Waals surface area (Å²) in [6.07, 6.45) is 1.75. The highest BCUT2D eigenvalue weighted by atomic mass is 32.2. The highest BCUT2D eigenvalue weighted by Gasteiger charge is 2.41. The topological polar surface area (TPSA) is 69.7 Å². The molecule has 108 valence electrons. The first-order chi connectivity index (χ1) is 9.47. The number of carbonyl (C=O) groups excluding carboxylic acids is 1. The van der Waals surface area contributed by atoms with Gasteiger partial charge in [-0.15, -0.1) is 4.83 Å². The van der Waals surface area contributed by atoms with Crippen LogP contribution in [0.15, 0.2) is 29.2 Å². The van der Waals surface area contributed by atoms with E-state index in [9.17, 15) is 13.2 Å². The van der Waals surface area contributed by atoms with Crippen LogP contribution in [-0.2, 0) is 10.0 Å².